The van der Waals surface area contributed by atoms with E-state index in [4.69, 9.17) is 0 Å². The minimum Gasteiger partial charge on any atom is -0.369 e. The molecule has 1 amide bonds. The first-order valence-electron chi connectivity index (χ1n) is 7.89. The molecule has 0 spiro atoms. The molecule has 120 valence electrons. The minimum atomic E-state index is 0.0973. The Morgan fingerprint density at radius 3 is 2.74 bits per heavy atom. The number of amides is 1. The number of benzene rings is 1. The summed E-state index contributed by atoms with van der Waals surface area (Å²) in [7, 11) is 4.10. The topological polar surface area (TPSA) is 57.3 Å². The lowest BCUT2D eigenvalue weighted by molar-refractivity contribution is -0.116. The molecule has 0 unspecified atom stereocenters. The standard InChI is InChI=1S/C18H22N4O/c1-22(2)10-9-19-17-7-4-15(12-20-17)13-3-6-16-14(11-13)5-8-18(23)21-16/h3-4,6-7,11-12H,5,8-10H2,1-2H3,(H,19,20)(H,21,23). The van der Waals surface area contributed by atoms with Gasteiger partial charge in [0.15, 0.2) is 0 Å². The molecule has 0 fully saturated rings. The zero-order valence-electron chi connectivity index (χ0n) is 13.6. The van der Waals surface area contributed by atoms with Crippen molar-refractivity contribution in [3.63, 3.8) is 0 Å². The lowest BCUT2D eigenvalue weighted by atomic mass is 9.98. The largest absolute Gasteiger partial charge is 0.369 e. The first-order valence-corrected chi connectivity index (χ1v) is 7.89. The molecule has 3 rings (SSSR count). The Labute approximate surface area is 136 Å². The van der Waals surface area contributed by atoms with Gasteiger partial charge in [-0.3, -0.25) is 4.79 Å². The van der Waals surface area contributed by atoms with Crippen LogP contribution in [0.1, 0.15) is 12.0 Å². The number of carbonyl (C=O) groups is 1. The molecule has 2 aromatic rings. The Morgan fingerprint density at radius 1 is 1.17 bits per heavy atom. The number of nitrogens with one attached hydrogen (secondary N) is 2. The van der Waals surface area contributed by atoms with Crippen molar-refractivity contribution in [1.82, 2.24) is 9.88 Å². The number of hydrogen-bond acceptors (Lipinski definition) is 4. The molecular formula is C18H22N4O. The van der Waals surface area contributed by atoms with Crippen LogP contribution in [0.2, 0.25) is 0 Å². The summed E-state index contributed by atoms with van der Waals surface area (Å²) < 4.78 is 0. The van der Waals surface area contributed by atoms with Crippen molar-refractivity contribution in [2.75, 3.05) is 37.8 Å². The third kappa shape index (κ3) is 3.87. The molecule has 2 heterocycles. The predicted octanol–water partition coefficient (Wildman–Crippen LogP) is 2.61. The molecule has 2 N–H and O–H groups in total. The summed E-state index contributed by atoms with van der Waals surface area (Å²) in [5, 5.41) is 6.22. The Hall–Kier alpha value is -2.40. The lowest BCUT2D eigenvalue weighted by Gasteiger charge is -2.17. The van der Waals surface area contributed by atoms with E-state index in [0.717, 1.165) is 42.1 Å². The van der Waals surface area contributed by atoms with E-state index in [-0.39, 0.29) is 5.91 Å². The van der Waals surface area contributed by atoms with Crippen molar-refractivity contribution in [2.24, 2.45) is 0 Å². The number of likely N-dealkylation sites (N-methyl/N-ethyl adjacent to an activating group) is 1. The highest BCUT2D eigenvalue weighted by atomic mass is 16.1. The van der Waals surface area contributed by atoms with Crippen molar-refractivity contribution in [2.45, 2.75) is 12.8 Å². The average Bonchev–Trinajstić information content (AvgIpc) is 2.55. The van der Waals surface area contributed by atoms with Crippen molar-refractivity contribution in [3.05, 3.63) is 42.1 Å². The first-order chi connectivity index (χ1) is 11.1. The van der Waals surface area contributed by atoms with E-state index in [0.29, 0.717) is 6.42 Å². The molecule has 0 saturated carbocycles. The van der Waals surface area contributed by atoms with E-state index in [1.54, 1.807) is 0 Å². The van der Waals surface area contributed by atoms with Crippen LogP contribution < -0.4 is 10.6 Å². The summed E-state index contributed by atoms with van der Waals surface area (Å²) in [6.07, 6.45) is 3.25. The summed E-state index contributed by atoms with van der Waals surface area (Å²) in [6.45, 7) is 1.85. The van der Waals surface area contributed by atoms with Gasteiger partial charge in [0.05, 0.1) is 0 Å². The SMILES string of the molecule is CN(C)CCNc1ccc(-c2ccc3c(c2)CCC(=O)N3)cn1. The number of nitrogens with zero attached hydrogens (tertiary/aromatic N) is 2. The van der Waals surface area contributed by atoms with Gasteiger partial charge in [0.1, 0.15) is 5.82 Å². The lowest BCUT2D eigenvalue weighted by Crippen LogP contribution is -2.21. The Morgan fingerprint density at radius 2 is 2.00 bits per heavy atom. The van der Waals surface area contributed by atoms with E-state index in [1.165, 1.54) is 5.56 Å². The summed E-state index contributed by atoms with van der Waals surface area (Å²) in [6, 6.07) is 10.2. The molecule has 1 aromatic heterocycles. The van der Waals surface area contributed by atoms with Gasteiger partial charge in [0, 0.05) is 37.0 Å². The highest BCUT2D eigenvalue weighted by Gasteiger charge is 2.15. The van der Waals surface area contributed by atoms with Crippen LogP contribution in [0.5, 0.6) is 0 Å². The second-order valence-corrected chi connectivity index (χ2v) is 6.08. The van der Waals surface area contributed by atoms with E-state index < -0.39 is 0 Å². The van der Waals surface area contributed by atoms with E-state index >= 15 is 0 Å². The van der Waals surface area contributed by atoms with E-state index in [1.807, 2.05) is 24.4 Å². The molecular weight excluding hydrogens is 288 g/mol. The fourth-order valence-corrected chi connectivity index (χ4v) is 2.64. The predicted molar refractivity (Wildman–Crippen MR) is 93.7 cm³/mol. The summed E-state index contributed by atoms with van der Waals surface area (Å²) in [5.41, 5.74) is 4.34. The third-order valence-electron chi connectivity index (χ3n) is 3.96. The van der Waals surface area contributed by atoms with Gasteiger partial charge in [-0.2, -0.15) is 0 Å². The van der Waals surface area contributed by atoms with Crippen molar-refractivity contribution in [3.8, 4) is 11.1 Å². The van der Waals surface area contributed by atoms with E-state index in [9.17, 15) is 4.79 Å². The molecule has 1 aliphatic rings. The van der Waals surface area contributed by atoms with Crippen LogP contribution in [0.25, 0.3) is 11.1 Å². The monoisotopic (exact) mass is 310 g/mol. The Kier molecular flexibility index (Phi) is 4.57. The molecule has 1 aliphatic heterocycles. The van der Waals surface area contributed by atoms with Crippen molar-refractivity contribution < 1.29 is 4.79 Å². The van der Waals surface area contributed by atoms with Gasteiger partial charge in [-0.1, -0.05) is 6.07 Å². The van der Waals surface area contributed by atoms with Crippen LogP contribution in [-0.4, -0.2) is 43.0 Å². The van der Waals surface area contributed by atoms with Crippen LogP contribution in [0.3, 0.4) is 0 Å². The number of hydrogen-bond donors (Lipinski definition) is 2. The molecule has 0 saturated heterocycles. The van der Waals surface area contributed by atoms with Gasteiger partial charge >= 0.3 is 0 Å². The van der Waals surface area contributed by atoms with Crippen LogP contribution in [0.15, 0.2) is 36.5 Å². The van der Waals surface area contributed by atoms with Gasteiger partial charge in [0.25, 0.3) is 0 Å². The molecule has 1 aromatic carbocycles. The zero-order valence-corrected chi connectivity index (χ0v) is 13.6. The molecule has 5 heteroatoms. The van der Waals surface area contributed by atoms with Crippen LogP contribution in [0.4, 0.5) is 11.5 Å². The maximum atomic E-state index is 11.4. The second-order valence-electron chi connectivity index (χ2n) is 6.08. The van der Waals surface area contributed by atoms with Crippen molar-refractivity contribution in [1.29, 1.82) is 0 Å². The van der Waals surface area contributed by atoms with Gasteiger partial charge in [-0.05, 0) is 55.9 Å². The molecule has 5 nitrogen and oxygen atoms in total. The van der Waals surface area contributed by atoms with Crippen LogP contribution >= 0.6 is 0 Å². The average molecular weight is 310 g/mol. The van der Waals surface area contributed by atoms with Crippen molar-refractivity contribution >= 4 is 17.4 Å². The normalized spacial score (nSPS) is 13.6. The number of aromatic nitrogens is 1. The smallest absolute Gasteiger partial charge is 0.224 e. The number of aryl methyl sites for hydroxylation is 1. The zero-order chi connectivity index (χ0) is 16.2. The summed E-state index contributed by atoms with van der Waals surface area (Å²) in [4.78, 5) is 18.0. The van der Waals surface area contributed by atoms with Gasteiger partial charge in [-0.25, -0.2) is 4.98 Å². The fourth-order valence-electron chi connectivity index (χ4n) is 2.64. The van der Waals surface area contributed by atoms with Gasteiger partial charge in [-0.15, -0.1) is 0 Å². The summed E-state index contributed by atoms with van der Waals surface area (Å²) in [5.74, 6) is 0.987. The highest BCUT2D eigenvalue weighted by molar-refractivity contribution is 5.94. The number of carbonyl (C=O) groups excluding carboxylic acids is 1. The molecule has 0 aliphatic carbocycles. The fraction of sp³-hybridized carbons (Fsp3) is 0.333. The molecule has 23 heavy (non-hydrogen) atoms. The maximum Gasteiger partial charge on any atom is 0.224 e. The number of rotatable bonds is 5. The Bertz CT molecular complexity index is 695. The maximum absolute atomic E-state index is 11.4. The van der Waals surface area contributed by atoms with Crippen LogP contribution in [-0.2, 0) is 11.2 Å². The molecule has 0 atom stereocenters. The highest BCUT2D eigenvalue weighted by Crippen LogP contribution is 2.28. The minimum absolute atomic E-state index is 0.0973. The van der Waals surface area contributed by atoms with Gasteiger partial charge < -0.3 is 15.5 Å². The summed E-state index contributed by atoms with van der Waals surface area (Å²) >= 11 is 0. The van der Waals surface area contributed by atoms with E-state index in [2.05, 4.69) is 46.7 Å². The first kappa shape index (κ1) is 15.5. The molecule has 0 bridgehead atoms. The molecule has 0 radical (unpaired) electrons. The van der Waals surface area contributed by atoms with Crippen LogP contribution in [0, 0.1) is 0 Å². The number of anilines is 2. The second kappa shape index (κ2) is 6.79. The number of fused-ring (bicyclic) bond motifs is 1. The third-order valence-corrected chi connectivity index (χ3v) is 3.96. The van der Waals surface area contributed by atoms with Gasteiger partial charge in [0.2, 0.25) is 5.91 Å². The Balaban J connectivity index is 1.71. The number of pyridine rings is 1. The quantitative estimate of drug-likeness (QED) is 0.891.